The minimum atomic E-state index is -0.290. The smallest absolute Gasteiger partial charge is 0.236 e. The van der Waals surface area contributed by atoms with Crippen LogP contribution in [0.4, 0.5) is 0 Å². The van der Waals surface area contributed by atoms with Crippen LogP contribution in [-0.2, 0) is 14.3 Å². The maximum Gasteiger partial charge on any atom is 0.236 e. The number of hydrogen-bond donors (Lipinski definition) is 3. The third-order valence-electron chi connectivity index (χ3n) is 2.59. The van der Waals surface area contributed by atoms with Crippen LogP contribution < -0.4 is 16.0 Å². The fraction of sp³-hybridized carbons (Fsp3) is 0.846. The number of rotatable bonds is 11. The number of ether oxygens (including phenoxy) is 1. The van der Waals surface area contributed by atoms with Crippen molar-refractivity contribution < 1.29 is 14.3 Å². The lowest BCUT2D eigenvalue weighted by molar-refractivity contribution is -0.124. The Bertz CT molecular complexity index is 260. The second-order valence-electron chi connectivity index (χ2n) is 4.41. The number of nitrogens with one attached hydrogen (secondary N) is 3. The molecule has 19 heavy (non-hydrogen) atoms. The molecule has 0 aromatic carbocycles. The van der Waals surface area contributed by atoms with E-state index >= 15 is 0 Å². The molecule has 0 saturated carbocycles. The Balaban J connectivity index is 3.58. The molecule has 0 rings (SSSR count). The van der Waals surface area contributed by atoms with Gasteiger partial charge in [0.25, 0.3) is 0 Å². The van der Waals surface area contributed by atoms with Crippen LogP contribution in [-0.4, -0.2) is 51.2 Å². The largest absolute Gasteiger partial charge is 0.385 e. The molecule has 0 aromatic rings. The average Bonchev–Trinajstić information content (AvgIpc) is 2.40. The van der Waals surface area contributed by atoms with Crippen LogP contribution in [0.3, 0.4) is 0 Å². The van der Waals surface area contributed by atoms with E-state index in [2.05, 4.69) is 16.0 Å². The van der Waals surface area contributed by atoms with Crippen LogP contribution in [0.1, 0.15) is 33.1 Å². The Labute approximate surface area is 115 Å². The molecule has 0 bridgehead atoms. The quantitative estimate of drug-likeness (QED) is 0.464. The first kappa shape index (κ1) is 17.9. The number of carbonyl (C=O) groups is 2. The Morgan fingerprint density at radius 3 is 2.53 bits per heavy atom. The highest BCUT2D eigenvalue weighted by atomic mass is 16.5. The molecule has 6 heteroatoms. The second kappa shape index (κ2) is 11.9. The summed E-state index contributed by atoms with van der Waals surface area (Å²) in [4.78, 5) is 23.0. The highest BCUT2D eigenvalue weighted by molar-refractivity contribution is 5.81. The molecule has 0 radical (unpaired) electrons. The van der Waals surface area contributed by atoms with Crippen molar-refractivity contribution in [1.82, 2.24) is 16.0 Å². The fourth-order valence-corrected chi connectivity index (χ4v) is 1.43. The summed E-state index contributed by atoms with van der Waals surface area (Å²) in [6.07, 6.45) is 2.12. The molecule has 1 atom stereocenters. The van der Waals surface area contributed by atoms with Gasteiger partial charge in [-0.15, -0.1) is 0 Å². The first-order valence-electron chi connectivity index (χ1n) is 6.88. The summed E-state index contributed by atoms with van der Waals surface area (Å²) in [6.45, 7) is 6.25. The van der Waals surface area contributed by atoms with Crippen LogP contribution >= 0.6 is 0 Å². The first-order chi connectivity index (χ1) is 9.11. The minimum absolute atomic E-state index is 0.0158. The van der Waals surface area contributed by atoms with Gasteiger partial charge >= 0.3 is 0 Å². The lowest BCUT2D eigenvalue weighted by Gasteiger charge is -2.13. The summed E-state index contributed by atoms with van der Waals surface area (Å²) in [7, 11) is 1.63. The van der Waals surface area contributed by atoms with Crippen molar-refractivity contribution in [2.75, 3.05) is 33.4 Å². The molecule has 0 fully saturated rings. The van der Waals surface area contributed by atoms with Crippen LogP contribution in [0, 0.1) is 0 Å². The summed E-state index contributed by atoms with van der Waals surface area (Å²) in [5.74, 6) is -0.0351. The molecular weight excluding hydrogens is 246 g/mol. The monoisotopic (exact) mass is 273 g/mol. The summed E-state index contributed by atoms with van der Waals surface area (Å²) < 4.78 is 4.90. The van der Waals surface area contributed by atoms with E-state index in [0.29, 0.717) is 32.7 Å². The van der Waals surface area contributed by atoms with Crippen molar-refractivity contribution in [1.29, 1.82) is 0 Å². The van der Waals surface area contributed by atoms with Crippen LogP contribution in [0.2, 0.25) is 0 Å². The Hall–Kier alpha value is -1.14. The van der Waals surface area contributed by atoms with Gasteiger partial charge in [0.05, 0.1) is 6.04 Å². The predicted molar refractivity (Wildman–Crippen MR) is 74.9 cm³/mol. The van der Waals surface area contributed by atoms with E-state index in [1.165, 1.54) is 0 Å². The zero-order valence-electron chi connectivity index (χ0n) is 12.3. The molecule has 0 spiro atoms. The van der Waals surface area contributed by atoms with Gasteiger partial charge in [-0.05, 0) is 19.8 Å². The van der Waals surface area contributed by atoms with Gasteiger partial charge in [-0.2, -0.15) is 0 Å². The fourth-order valence-electron chi connectivity index (χ4n) is 1.43. The molecule has 1 unspecified atom stereocenters. The van der Waals surface area contributed by atoms with Crippen molar-refractivity contribution in [3.05, 3.63) is 0 Å². The molecule has 0 aliphatic carbocycles. The van der Waals surface area contributed by atoms with Crippen LogP contribution in [0.5, 0.6) is 0 Å². The standard InChI is InChI=1S/C13H27N3O3/c1-4-7-15-12(17)6-9-14-11(2)13(18)16-8-5-10-19-3/h11,14H,4-10H2,1-3H3,(H,15,17)(H,16,18). The molecule has 0 heterocycles. The second-order valence-corrected chi connectivity index (χ2v) is 4.41. The molecule has 3 N–H and O–H groups in total. The highest BCUT2D eigenvalue weighted by Gasteiger charge is 2.11. The third kappa shape index (κ3) is 10.5. The van der Waals surface area contributed by atoms with Gasteiger partial charge < -0.3 is 20.7 Å². The Morgan fingerprint density at radius 2 is 1.89 bits per heavy atom. The van der Waals surface area contributed by atoms with Crippen molar-refractivity contribution in [3.63, 3.8) is 0 Å². The lowest BCUT2D eigenvalue weighted by atomic mass is 10.3. The Kier molecular flexibility index (Phi) is 11.2. The molecule has 0 aromatic heterocycles. The summed E-state index contributed by atoms with van der Waals surface area (Å²) in [5, 5.41) is 8.62. The van der Waals surface area contributed by atoms with Crippen molar-refractivity contribution in [2.45, 2.75) is 39.2 Å². The van der Waals surface area contributed by atoms with Gasteiger partial charge in [-0.25, -0.2) is 0 Å². The zero-order valence-corrected chi connectivity index (χ0v) is 12.3. The molecule has 2 amide bonds. The molecule has 0 aliphatic heterocycles. The van der Waals surface area contributed by atoms with Crippen LogP contribution in [0.25, 0.3) is 0 Å². The average molecular weight is 273 g/mol. The van der Waals surface area contributed by atoms with E-state index in [1.54, 1.807) is 14.0 Å². The molecule has 0 aliphatic rings. The minimum Gasteiger partial charge on any atom is -0.385 e. The molecule has 0 saturated heterocycles. The maximum atomic E-state index is 11.6. The predicted octanol–water partition coefficient (Wildman–Crippen LogP) is 0.0335. The number of hydrogen-bond acceptors (Lipinski definition) is 4. The van der Waals surface area contributed by atoms with E-state index in [9.17, 15) is 9.59 Å². The van der Waals surface area contributed by atoms with Crippen LogP contribution in [0.15, 0.2) is 0 Å². The third-order valence-corrected chi connectivity index (χ3v) is 2.59. The van der Waals surface area contributed by atoms with Crippen molar-refractivity contribution in [2.24, 2.45) is 0 Å². The number of carbonyl (C=O) groups excluding carboxylic acids is 2. The van der Waals surface area contributed by atoms with E-state index in [0.717, 1.165) is 12.8 Å². The van der Waals surface area contributed by atoms with Crippen molar-refractivity contribution >= 4 is 11.8 Å². The normalized spacial score (nSPS) is 11.9. The van der Waals surface area contributed by atoms with Gasteiger partial charge in [-0.3, -0.25) is 9.59 Å². The van der Waals surface area contributed by atoms with Gasteiger partial charge in [0.1, 0.15) is 0 Å². The zero-order chi connectivity index (χ0) is 14.5. The number of amides is 2. The highest BCUT2D eigenvalue weighted by Crippen LogP contribution is 1.86. The number of methoxy groups -OCH3 is 1. The van der Waals surface area contributed by atoms with Gasteiger partial charge in [-0.1, -0.05) is 6.92 Å². The van der Waals surface area contributed by atoms with E-state index in [1.807, 2.05) is 6.92 Å². The van der Waals surface area contributed by atoms with Gasteiger partial charge in [0.2, 0.25) is 11.8 Å². The molecular formula is C13H27N3O3. The van der Waals surface area contributed by atoms with E-state index in [4.69, 9.17) is 4.74 Å². The van der Waals surface area contributed by atoms with E-state index in [-0.39, 0.29) is 17.9 Å². The summed E-state index contributed by atoms with van der Waals surface area (Å²) >= 11 is 0. The maximum absolute atomic E-state index is 11.6. The van der Waals surface area contributed by atoms with Crippen molar-refractivity contribution in [3.8, 4) is 0 Å². The van der Waals surface area contributed by atoms with E-state index < -0.39 is 0 Å². The SMILES string of the molecule is CCCNC(=O)CCNC(C)C(=O)NCCCOC. The lowest BCUT2D eigenvalue weighted by Crippen LogP contribution is -2.43. The topological polar surface area (TPSA) is 79.5 Å². The molecule has 6 nitrogen and oxygen atoms in total. The molecule has 112 valence electrons. The Morgan fingerprint density at radius 1 is 1.16 bits per heavy atom. The summed E-state index contributed by atoms with van der Waals surface area (Å²) in [6, 6.07) is -0.290. The first-order valence-corrected chi connectivity index (χ1v) is 6.88. The summed E-state index contributed by atoms with van der Waals surface area (Å²) in [5.41, 5.74) is 0. The van der Waals surface area contributed by atoms with Gasteiger partial charge in [0, 0.05) is 39.8 Å². The van der Waals surface area contributed by atoms with Gasteiger partial charge in [0.15, 0.2) is 0 Å².